The van der Waals surface area contributed by atoms with Crippen LogP contribution in [0.3, 0.4) is 0 Å². The van der Waals surface area contributed by atoms with Gasteiger partial charge in [0.15, 0.2) is 0 Å². The lowest BCUT2D eigenvalue weighted by Gasteiger charge is -2.07. The Morgan fingerprint density at radius 1 is 1.24 bits per heavy atom. The molecule has 0 bridgehead atoms. The molecular weight excluding hydrogens is 286 g/mol. The fourth-order valence-electron chi connectivity index (χ4n) is 1.96. The minimum Gasteiger partial charge on any atom is -0.494 e. The fourth-order valence-corrected chi connectivity index (χ4v) is 2.77. The largest absolute Gasteiger partial charge is 0.494 e. The van der Waals surface area contributed by atoms with E-state index in [-0.39, 0.29) is 5.97 Å². The molecule has 2 aromatic rings. The quantitative estimate of drug-likeness (QED) is 0.820. The molecule has 0 fully saturated rings. The maximum atomic E-state index is 12.1. The number of carbonyl (C=O) groups excluding carboxylic acids is 1. The number of thiophene rings is 1. The Bertz CT molecular complexity index is 604. The van der Waals surface area contributed by atoms with Crippen LogP contribution in [0.25, 0.3) is 11.1 Å². The van der Waals surface area contributed by atoms with Crippen LogP contribution >= 0.6 is 11.3 Å². The molecule has 0 unspecified atom stereocenters. The minimum atomic E-state index is -0.362. The third-order valence-corrected chi connectivity index (χ3v) is 3.75. The number of nitrogens with two attached hydrogens (primary N) is 1. The van der Waals surface area contributed by atoms with Crippen molar-refractivity contribution in [1.82, 2.24) is 0 Å². The molecule has 4 nitrogen and oxygen atoms in total. The number of hydrogen-bond donors (Lipinski definition) is 1. The van der Waals surface area contributed by atoms with E-state index < -0.39 is 0 Å². The molecule has 0 saturated carbocycles. The summed E-state index contributed by atoms with van der Waals surface area (Å²) in [4.78, 5) is 12.1. The van der Waals surface area contributed by atoms with E-state index in [0.717, 1.165) is 23.3 Å². The Balaban J connectivity index is 2.29. The van der Waals surface area contributed by atoms with E-state index in [4.69, 9.17) is 15.2 Å². The van der Waals surface area contributed by atoms with E-state index in [1.165, 1.54) is 11.3 Å². The summed E-state index contributed by atoms with van der Waals surface area (Å²) in [5.41, 5.74) is 8.11. The van der Waals surface area contributed by atoms with Gasteiger partial charge in [0, 0.05) is 10.9 Å². The zero-order valence-electron chi connectivity index (χ0n) is 12.2. The molecule has 0 saturated heterocycles. The summed E-state index contributed by atoms with van der Waals surface area (Å²) in [6, 6.07) is 7.61. The summed E-state index contributed by atoms with van der Waals surface area (Å²) in [6.45, 7) is 4.92. The Hall–Kier alpha value is -2.01. The van der Waals surface area contributed by atoms with Gasteiger partial charge in [0.25, 0.3) is 0 Å². The number of carbonyl (C=O) groups is 1. The van der Waals surface area contributed by atoms with Gasteiger partial charge in [-0.15, -0.1) is 11.3 Å². The highest BCUT2D eigenvalue weighted by molar-refractivity contribution is 7.14. The van der Waals surface area contributed by atoms with Crippen LogP contribution in [0.15, 0.2) is 29.6 Å². The Morgan fingerprint density at radius 2 is 1.95 bits per heavy atom. The van der Waals surface area contributed by atoms with Crippen molar-refractivity contribution < 1.29 is 14.3 Å². The first kappa shape index (κ1) is 15.4. The molecule has 0 aliphatic heterocycles. The highest BCUT2D eigenvalue weighted by Gasteiger charge is 2.19. The second-order valence-corrected chi connectivity index (χ2v) is 5.39. The van der Waals surface area contributed by atoms with Crippen molar-refractivity contribution >= 4 is 22.3 Å². The number of nitrogen functional groups attached to an aromatic ring is 1. The lowest BCUT2D eigenvalue weighted by atomic mass is 10.0. The predicted molar refractivity (Wildman–Crippen MR) is 85.9 cm³/mol. The number of benzene rings is 1. The van der Waals surface area contributed by atoms with Crippen molar-refractivity contribution in [3.05, 3.63) is 35.2 Å². The smallest absolute Gasteiger partial charge is 0.341 e. The molecule has 0 atom stereocenters. The molecule has 5 heteroatoms. The van der Waals surface area contributed by atoms with Gasteiger partial charge in [0.1, 0.15) is 16.3 Å². The number of anilines is 1. The first-order chi connectivity index (χ1) is 10.2. The Kier molecular flexibility index (Phi) is 5.22. The highest BCUT2D eigenvalue weighted by Crippen LogP contribution is 2.34. The number of esters is 1. The van der Waals surface area contributed by atoms with Crippen molar-refractivity contribution in [3.63, 3.8) is 0 Å². The summed E-state index contributed by atoms with van der Waals surface area (Å²) in [6.07, 6.45) is 0.786. The van der Waals surface area contributed by atoms with Crippen molar-refractivity contribution in [2.75, 3.05) is 18.9 Å². The maximum absolute atomic E-state index is 12.1. The van der Waals surface area contributed by atoms with Crippen molar-refractivity contribution in [2.24, 2.45) is 0 Å². The van der Waals surface area contributed by atoms with Gasteiger partial charge in [-0.25, -0.2) is 4.79 Å². The minimum absolute atomic E-state index is 0.362. The van der Waals surface area contributed by atoms with Crippen molar-refractivity contribution in [3.8, 4) is 16.9 Å². The highest BCUT2D eigenvalue weighted by atomic mass is 32.1. The van der Waals surface area contributed by atoms with Crippen LogP contribution in [0.2, 0.25) is 0 Å². The average molecular weight is 305 g/mol. The van der Waals surface area contributed by atoms with E-state index in [1.54, 1.807) is 0 Å². The first-order valence-corrected chi connectivity index (χ1v) is 7.82. The summed E-state index contributed by atoms with van der Waals surface area (Å²) in [5, 5.41) is 2.37. The molecule has 1 aromatic carbocycles. The van der Waals surface area contributed by atoms with Crippen LogP contribution in [0.1, 0.15) is 30.6 Å². The monoisotopic (exact) mass is 305 g/mol. The van der Waals surface area contributed by atoms with Crippen LogP contribution in [0.4, 0.5) is 5.00 Å². The van der Waals surface area contributed by atoms with Gasteiger partial charge in [0.2, 0.25) is 0 Å². The zero-order chi connectivity index (χ0) is 15.2. The molecule has 0 amide bonds. The van der Waals surface area contributed by atoms with Gasteiger partial charge in [-0.3, -0.25) is 0 Å². The van der Waals surface area contributed by atoms with Gasteiger partial charge < -0.3 is 15.2 Å². The van der Waals surface area contributed by atoms with E-state index in [2.05, 4.69) is 0 Å². The molecule has 0 spiro atoms. The van der Waals surface area contributed by atoms with E-state index >= 15 is 0 Å². The summed E-state index contributed by atoms with van der Waals surface area (Å²) < 4.78 is 10.6. The average Bonchev–Trinajstić information content (AvgIpc) is 2.88. The van der Waals surface area contributed by atoms with Gasteiger partial charge >= 0.3 is 5.97 Å². The lowest BCUT2D eigenvalue weighted by molar-refractivity contribution is 0.0508. The van der Waals surface area contributed by atoms with Gasteiger partial charge in [0.05, 0.1) is 13.2 Å². The van der Waals surface area contributed by atoms with Crippen molar-refractivity contribution in [2.45, 2.75) is 20.3 Å². The second-order valence-electron chi connectivity index (χ2n) is 4.48. The molecular formula is C16H19NO3S. The number of rotatable bonds is 6. The standard InChI is InChI=1S/C16H19NO3S/c1-3-9-20-16(18)14-13(10-21-15(14)17)11-5-7-12(8-6-11)19-4-2/h5-8,10H,3-4,9,17H2,1-2H3. The summed E-state index contributed by atoms with van der Waals surface area (Å²) >= 11 is 1.35. The molecule has 0 aliphatic rings. The molecule has 2 rings (SSSR count). The molecule has 1 aromatic heterocycles. The van der Waals surface area contributed by atoms with Crippen LogP contribution in [-0.2, 0) is 4.74 Å². The Labute approximate surface area is 128 Å². The van der Waals surface area contributed by atoms with Gasteiger partial charge in [-0.05, 0) is 31.0 Å². The molecule has 112 valence electrons. The zero-order valence-corrected chi connectivity index (χ0v) is 13.0. The molecule has 1 heterocycles. The maximum Gasteiger partial charge on any atom is 0.341 e. The van der Waals surface area contributed by atoms with Crippen LogP contribution in [0, 0.1) is 0 Å². The Morgan fingerprint density at radius 3 is 2.57 bits per heavy atom. The van der Waals surface area contributed by atoms with Crippen LogP contribution < -0.4 is 10.5 Å². The van der Waals surface area contributed by atoms with E-state index in [9.17, 15) is 4.79 Å². The normalized spacial score (nSPS) is 10.4. The lowest BCUT2D eigenvalue weighted by Crippen LogP contribution is -2.08. The predicted octanol–water partition coefficient (Wildman–Crippen LogP) is 3.96. The third-order valence-electron chi connectivity index (χ3n) is 2.94. The second kappa shape index (κ2) is 7.13. The molecule has 0 aliphatic carbocycles. The topological polar surface area (TPSA) is 61.5 Å². The van der Waals surface area contributed by atoms with E-state index in [1.807, 2.05) is 43.5 Å². The third kappa shape index (κ3) is 3.55. The van der Waals surface area contributed by atoms with Gasteiger partial charge in [-0.2, -0.15) is 0 Å². The van der Waals surface area contributed by atoms with Crippen molar-refractivity contribution in [1.29, 1.82) is 0 Å². The number of ether oxygens (including phenoxy) is 2. The fraction of sp³-hybridized carbons (Fsp3) is 0.312. The number of hydrogen-bond acceptors (Lipinski definition) is 5. The van der Waals surface area contributed by atoms with Crippen LogP contribution in [-0.4, -0.2) is 19.2 Å². The SMILES string of the molecule is CCCOC(=O)c1c(-c2ccc(OCC)cc2)csc1N. The summed E-state index contributed by atoms with van der Waals surface area (Å²) in [5.74, 6) is 0.444. The van der Waals surface area contributed by atoms with Crippen LogP contribution in [0.5, 0.6) is 5.75 Å². The molecule has 0 radical (unpaired) electrons. The molecule has 21 heavy (non-hydrogen) atoms. The molecule has 2 N–H and O–H groups in total. The van der Waals surface area contributed by atoms with E-state index in [0.29, 0.717) is 23.8 Å². The summed E-state index contributed by atoms with van der Waals surface area (Å²) in [7, 11) is 0. The van der Waals surface area contributed by atoms with Gasteiger partial charge in [-0.1, -0.05) is 19.1 Å². The first-order valence-electron chi connectivity index (χ1n) is 6.94.